The van der Waals surface area contributed by atoms with Crippen molar-refractivity contribution in [1.82, 2.24) is 0 Å². The van der Waals surface area contributed by atoms with Crippen molar-refractivity contribution >= 4 is 0 Å². The Morgan fingerprint density at radius 3 is 2.38 bits per heavy atom. The summed E-state index contributed by atoms with van der Waals surface area (Å²) in [6.45, 7) is 6.64. The van der Waals surface area contributed by atoms with Gasteiger partial charge in [-0.1, -0.05) is 19.1 Å². The summed E-state index contributed by atoms with van der Waals surface area (Å²) < 4.78 is 11.3. The summed E-state index contributed by atoms with van der Waals surface area (Å²) in [5, 5.41) is 2.17. The molecule has 0 saturated carbocycles. The number of hydrogen-bond donors (Lipinski definition) is 1. The molecule has 0 heterocycles. The first-order valence-corrected chi connectivity index (χ1v) is 5.90. The molecule has 0 spiro atoms. The monoisotopic (exact) mass is 224 g/mol. The Hall–Kier alpha value is -1.22. The van der Waals surface area contributed by atoms with E-state index in [1.54, 1.807) is 0 Å². The number of nitrogens with two attached hydrogens (primary N) is 1. The molecule has 1 rings (SSSR count). The second-order valence-corrected chi connectivity index (χ2v) is 3.94. The van der Waals surface area contributed by atoms with Gasteiger partial charge in [-0.15, -0.1) is 0 Å². The van der Waals surface area contributed by atoms with E-state index in [0.29, 0.717) is 12.5 Å². The van der Waals surface area contributed by atoms with Gasteiger partial charge in [-0.2, -0.15) is 0 Å². The van der Waals surface area contributed by atoms with Crippen molar-refractivity contribution in [1.29, 1.82) is 0 Å². The molecular weight excluding hydrogens is 202 g/mol. The van der Waals surface area contributed by atoms with Gasteiger partial charge >= 0.3 is 0 Å². The summed E-state index contributed by atoms with van der Waals surface area (Å²) in [6, 6.07) is 7.82. The van der Waals surface area contributed by atoms with E-state index >= 15 is 0 Å². The Balaban J connectivity index is 2.52. The van der Waals surface area contributed by atoms with E-state index in [0.717, 1.165) is 24.7 Å². The van der Waals surface area contributed by atoms with Crippen LogP contribution in [0.5, 0.6) is 11.5 Å². The first kappa shape index (κ1) is 12.8. The van der Waals surface area contributed by atoms with Gasteiger partial charge in [0.25, 0.3) is 0 Å². The third-order valence-corrected chi connectivity index (χ3v) is 2.31. The molecule has 1 aromatic rings. The van der Waals surface area contributed by atoms with Crippen LogP contribution in [0.1, 0.15) is 13.8 Å². The lowest BCUT2D eigenvalue weighted by Gasteiger charge is -2.14. The predicted molar refractivity (Wildman–Crippen MR) is 65.0 cm³/mol. The standard InChI is InChI=1S/C13H21NO2/c1-4-15-12-7-5-6-8-13(12)16-10-11(2)9-14-3/h5-8,11,14H,4,9-10H2,1-3H3/p+1/t11-/m0/s1. The number of ether oxygens (including phenoxy) is 2. The van der Waals surface area contributed by atoms with Gasteiger partial charge in [0.1, 0.15) is 0 Å². The molecule has 0 aliphatic rings. The van der Waals surface area contributed by atoms with E-state index in [4.69, 9.17) is 9.47 Å². The Morgan fingerprint density at radius 1 is 1.19 bits per heavy atom. The van der Waals surface area contributed by atoms with Crippen molar-refractivity contribution in [2.45, 2.75) is 13.8 Å². The number of rotatable bonds is 7. The molecule has 0 unspecified atom stereocenters. The fourth-order valence-electron chi connectivity index (χ4n) is 1.55. The van der Waals surface area contributed by atoms with E-state index in [-0.39, 0.29) is 0 Å². The van der Waals surface area contributed by atoms with Crippen LogP contribution < -0.4 is 14.8 Å². The van der Waals surface area contributed by atoms with E-state index in [9.17, 15) is 0 Å². The number of quaternary nitrogens is 1. The van der Waals surface area contributed by atoms with E-state index in [1.807, 2.05) is 31.2 Å². The summed E-state index contributed by atoms with van der Waals surface area (Å²) >= 11 is 0. The van der Waals surface area contributed by atoms with Crippen LogP contribution in [0.4, 0.5) is 0 Å². The number of hydrogen-bond acceptors (Lipinski definition) is 2. The molecule has 0 radical (unpaired) electrons. The van der Waals surface area contributed by atoms with Gasteiger partial charge in [-0.05, 0) is 19.1 Å². The minimum absolute atomic E-state index is 0.541. The SMILES string of the molecule is CCOc1ccccc1OC[C@@H](C)C[NH2+]C. The maximum Gasteiger partial charge on any atom is 0.161 e. The van der Waals surface area contributed by atoms with Gasteiger partial charge < -0.3 is 14.8 Å². The highest BCUT2D eigenvalue weighted by molar-refractivity contribution is 5.39. The number of benzene rings is 1. The molecule has 0 bridgehead atoms. The van der Waals surface area contributed by atoms with Gasteiger partial charge in [-0.25, -0.2) is 0 Å². The molecule has 0 aromatic heterocycles. The van der Waals surface area contributed by atoms with E-state index < -0.39 is 0 Å². The van der Waals surface area contributed by atoms with Gasteiger partial charge in [0.15, 0.2) is 11.5 Å². The first-order chi connectivity index (χ1) is 7.77. The molecule has 3 heteroatoms. The highest BCUT2D eigenvalue weighted by Crippen LogP contribution is 2.26. The minimum Gasteiger partial charge on any atom is -0.490 e. The molecule has 3 nitrogen and oxygen atoms in total. The fourth-order valence-corrected chi connectivity index (χ4v) is 1.55. The molecule has 2 N–H and O–H groups in total. The van der Waals surface area contributed by atoms with Crippen molar-refractivity contribution in [3.05, 3.63) is 24.3 Å². The topological polar surface area (TPSA) is 35.1 Å². The van der Waals surface area contributed by atoms with Crippen LogP contribution in [0.15, 0.2) is 24.3 Å². The van der Waals surface area contributed by atoms with Crippen LogP contribution in [0, 0.1) is 5.92 Å². The summed E-state index contributed by atoms with van der Waals surface area (Å²) in [5.74, 6) is 2.21. The normalized spacial score (nSPS) is 12.2. The first-order valence-electron chi connectivity index (χ1n) is 5.90. The number of para-hydroxylation sites is 2. The Labute approximate surface area is 97.8 Å². The molecule has 0 saturated heterocycles. The Kier molecular flexibility index (Phi) is 5.72. The van der Waals surface area contributed by atoms with Crippen molar-refractivity contribution in [2.24, 2.45) is 5.92 Å². The average molecular weight is 224 g/mol. The third kappa shape index (κ3) is 4.11. The van der Waals surface area contributed by atoms with E-state index in [1.165, 1.54) is 0 Å². The molecular formula is C13H22NO2+. The maximum atomic E-state index is 5.76. The zero-order valence-corrected chi connectivity index (χ0v) is 10.4. The zero-order valence-electron chi connectivity index (χ0n) is 10.4. The van der Waals surface area contributed by atoms with Crippen LogP contribution in [-0.2, 0) is 0 Å². The largest absolute Gasteiger partial charge is 0.490 e. The molecule has 1 atom stereocenters. The molecule has 0 aliphatic carbocycles. The van der Waals surface area contributed by atoms with Crippen molar-refractivity contribution in [3.63, 3.8) is 0 Å². The average Bonchev–Trinajstić information content (AvgIpc) is 2.29. The van der Waals surface area contributed by atoms with Crippen LogP contribution >= 0.6 is 0 Å². The van der Waals surface area contributed by atoms with E-state index in [2.05, 4.69) is 19.3 Å². The summed E-state index contributed by atoms with van der Waals surface area (Å²) in [6.07, 6.45) is 0. The van der Waals surface area contributed by atoms with Crippen LogP contribution in [0.25, 0.3) is 0 Å². The van der Waals surface area contributed by atoms with Gasteiger partial charge in [-0.3, -0.25) is 0 Å². The van der Waals surface area contributed by atoms with Crippen LogP contribution in [0.2, 0.25) is 0 Å². The second-order valence-electron chi connectivity index (χ2n) is 3.94. The van der Waals surface area contributed by atoms with Gasteiger partial charge in [0.2, 0.25) is 0 Å². The summed E-state index contributed by atoms with van der Waals surface area (Å²) in [7, 11) is 2.07. The minimum atomic E-state index is 0.541. The quantitative estimate of drug-likeness (QED) is 0.757. The lowest BCUT2D eigenvalue weighted by atomic mass is 10.2. The Morgan fingerprint density at radius 2 is 1.81 bits per heavy atom. The van der Waals surface area contributed by atoms with Gasteiger partial charge in [0.05, 0.1) is 26.8 Å². The van der Waals surface area contributed by atoms with Crippen molar-refractivity contribution < 1.29 is 14.8 Å². The maximum absolute atomic E-state index is 5.76. The lowest BCUT2D eigenvalue weighted by molar-refractivity contribution is -0.632. The van der Waals surface area contributed by atoms with Gasteiger partial charge in [0, 0.05) is 5.92 Å². The third-order valence-electron chi connectivity index (χ3n) is 2.31. The second kappa shape index (κ2) is 7.12. The van der Waals surface area contributed by atoms with Crippen molar-refractivity contribution in [3.8, 4) is 11.5 Å². The van der Waals surface area contributed by atoms with Crippen molar-refractivity contribution in [2.75, 3.05) is 26.8 Å². The highest BCUT2D eigenvalue weighted by atomic mass is 16.5. The Bertz CT molecular complexity index is 302. The van der Waals surface area contributed by atoms with Crippen LogP contribution in [0.3, 0.4) is 0 Å². The predicted octanol–water partition coefficient (Wildman–Crippen LogP) is 1.29. The fraction of sp³-hybridized carbons (Fsp3) is 0.538. The molecule has 16 heavy (non-hydrogen) atoms. The molecule has 0 amide bonds. The molecule has 90 valence electrons. The summed E-state index contributed by atoms with van der Waals surface area (Å²) in [5.41, 5.74) is 0. The molecule has 1 aromatic carbocycles. The lowest BCUT2D eigenvalue weighted by Crippen LogP contribution is -2.81. The summed E-state index contributed by atoms with van der Waals surface area (Å²) in [4.78, 5) is 0. The molecule has 0 fully saturated rings. The highest BCUT2D eigenvalue weighted by Gasteiger charge is 2.07. The smallest absolute Gasteiger partial charge is 0.161 e. The zero-order chi connectivity index (χ0) is 11.8. The van der Waals surface area contributed by atoms with Crippen LogP contribution in [-0.4, -0.2) is 26.8 Å². The molecule has 0 aliphatic heterocycles.